The van der Waals surface area contributed by atoms with Crippen molar-refractivity contribution in [2.75, 3.05) is 18.9 Å². The van der Waals surface area contributed by atoms with Gasteiger partial charge < -0.3 is 31.5 Å². The van der Waals surface area contributed by atoms with Crippen molar-refractivity contribution in [1.29, 1.82) is 0 Å². The van der Waals surface area contributed by atoms with Crippen LogP contribution in [0.15, 0.2) is 12.2 Å². The predicted octanol–water partition coefficient (Wildman–Crippen LogP) is 4.70. The Kier molecular flexibility index (Phi) is 19.7. The molecule has 0 spiro atoms. The van der Waals surface area contributed by atoms with E-state index < -0.39 is 12.1 Å². The molecule has 9 nitrogen and oxygen atoms in total. The molecule has 6 N–H and O–H groups in total. The molecule has 3 unspecified atom stereocenters. The first-order valence-corrected chi connectivity index (χ1v) is 17.7. The highest BCUT2D eigenvalue weighted by Gasteiger charge is 2.42. The van der Waals surface area contributed by atoms with E-state index in [-0.39, 0.29) is 36.5 Å². The van der Waals surface area contributed by atoms with Crippen molar-refractivity contribution < 1.29 is 24.6 Å². The largest absolute Gasteiger partial charge is 0.394 e. The number of carbonyl (C=O) groups excluding carboxylic acids is 3. The van der Waals surface area contributed by atoms with Crippen LogP contribution in [0.25, 0.3) is 0 Å². The van der Waals surface area contributed by atoms with Gasteiger partial charge in [0.15, 0.2) is 0 Å². The molecule has 2 saturated heterocycles. The second-order valence-corrected chi connectivity index (χ2v) is 13.2. The Morgan fingerprint density at radius 3 is 2.36 bits per heavy atom. The van der Waals surface area contributed by atoms with Crippen molar-refractivity contribution in [3.05, 3.63) is 12.2 Å². The van der Waals surface area contributed by atoms with Gasteiger partial charge in [-0.05, 0) is 38.5 Å². The normalized spacial score (nSPS) is 21.1. The first-order chi connectivity index (χ1) is 20.4. The molecular weight excluding hydrogens is 552 g/mol. The Balaban J connectivity index is 1.36. The number of hydrogen-bond acceptors (Lipinski definition) is 6. The third kappa shape index (κ3) is 15.6. The number of thioether (sulfide) groups is 1. The van der Waals surface area contributed by atoms with Crippen LogP contribution in [0.3, 0.4) is 0 Å². The van der Waals surface area contributed by atoms with E-state index in [1.54, 1.807) is 6.08 Å². The molecule has 0 aromatic rings. The number of amides is 4. The summed E-state index contributed by atoms with van der Waals surface area (Å²) in [5, 5.41) is 32.1. The van der Waals surface area contributed by atoms with Crippen molar-refractivity contribution in [2.45, 2.75) is 152 Å². The number of urea groups is 1. The monoisotopic (exact) mass is 610 g/mol. The summed E-state index contributed by atoms with van der Waals surface area (Å²) < 4.78 is 0. The second kappa shape index (κ2) is 22.7. The van der Waals surface area contributed by atoms with Crippen LogP contribution in [0.5, 0.6) is 0 Å². The first-order valence-electron chi connectivity index (χ1n) is 16.6. The maximum atomic E-state index is 12.1. The predicted molar refractivity (Wildman–Crippen MR) is 171 cm³/mol. The minimum Gasteiger partial charge on any atom is -0.394 e. The lowest BCUT2D eigenvalue weighted by Gasteiger charge is -2.20. The summed E-state index contributed by atoms with van der Waals surface area (Å²) in [6.07, 6.45) is 20.9. The number of hydrogen-bond donors (Lipinski definition) is 6. The molecule has 2 fully saturated rings. The van der Waals surface area contributed by atoms with Crippen LogP contribution in [0.1, 0.15) is 122 Å². The molecule has 242 valence electrons. The van der Waals surface area contributed by atoms with Crippen LogP contribution >= 0.6 is 11.8 Å². The Labute approximate surface area is 258 Å². The lowest BCUT2D eigenvalue weighted by Crippen LogP contribution is -2.45. The SMILES string of the molecule is CCCCCCCC(=O)N[C@@H](CO)[C@H](O)C=CCCCCCCCCCNC(=O)CCCCC1SCC2NC(=O)NC21. The van der Waals surface area contributed by atoms with Crippen molar-refractivity contribution >= 4 is 29.6 Å². The van der Waals surface area contributed by atoms with E-state index >= 15 is 0 Å². The molecule has 2 aliphatic rings. The third-order valence-electron chi connectivity index (χ3n) is 8.25. The van der Waals surface area contributed by atoms with Gasteiger partial charge in [-0.2, -0.15) is 11.8 Å². The zero-order chi connectivity index (χ0) is 30.4. The number of carbonyl (C=O) groups is 3. The minimum atomic E-state index is -0.876. The van der Waals surface area contributed by atoms with E-state index in [1.807, 2.05) is 17.8 Å². The molecule has 2 rings (SSSR count). The summed E-state index contributed by atoms with van der Waals surface area (Å²) in [6.45, 7) is 2.63. The molecule has 0 saturated carbocycles. The number of rotatable bonds is 25. The average molecular weight is 611 g/mol. The molecule has 0 bridgehead atoms. The van der Waals surface area contributed by atoms with Gasteiger partial charge in [-0.1, -0.05) is 83.3 Å². The van der Waals surface area contributed by atoms with Crippen molar-refractivity contribution in [2.24, 2.45) is 0 Å². The number of fused-ring (bicyclic) bond motifs is 1. The molecule has 2 aliphatic heterocycles. The summed E-state index contributed by atoms with van der Waals surface area (Å²) in [5.41, 5.74) is 0. The molecule has 42 heavy (non-hydrogen) atoms. The fourth-order valence-corrected chi connectivity index (χ4v) is 7.18. The smallest absolute Gasteiger partial charge is 0.315 e. The van der Waals surface area contributed by atoms with Gasteiger partial charge in [0.1, 0.15) is 0 Å². The van der Waals surface area contributed by atoms with Crippen molar-refractivity contribution in [3.63, 3.8) is 0 Å². The summed E-state index contributed by atoms with van der Waals surface area (Å²) in [4.78, 5) is 35.6. The average Bonchev–Trinajstić information content (AvgIpc) is 3.53. The molecule has 5 atom stereocenters. The van der Waals surface area contributed by atoms with Gasteiger partial charge in [-0.15, -0.1) is 0 Å². The Morgan fingerprint density at radius 2 is 1.60 bits per heavy atom. The van der Waals surface area contributed by atoms with Crippen LogP contribution < -0.4 is 21.3 Å². The third-order valence-corrected chi connectivity index (χ3v) is 9.75. The van der Waals surface area contributed by atoms with E-state index in [4.69, 9.17) is 0 Å². The van der Waals surface area contributed by atoms with E-state index in [0.29, 0.717) is 18.1 Å². The first kappa shape index (κ1) is 36.4. The van der Waals surface area contributed by atoms with Gasteiger partial charge in [-0.25, -0.2) is 4.79 Å². The zero-order valence-corrected chi connectivity index (χ0v) is 26.7. The second-order valence-electron chi connectivity index (χ2n) is 11.9. The van der Waals surface area contributed by atoms with Crippen LogP contribution in [-0.2, 0) is 9.59 Å². The van der Waals surface area contributed by atoms with E-state index in [9.17, 15) is 24.6 Å². The Hall–Kier alpha value is -1.78. The standard InChI is InChI=1S/C32H58N4O5S/c1-2-3-4-10-14-21-30(40)34-25(23-37)27(38)18-13-11-8-6-5-7-9-12-17-22-33-29(39)20-16-15-19-28-31-26(24-42-28)35-32(41)36-31/h13,18,25-28,31,37-38H,2-12,14-17,19-24H2,1H3,(H,33,39)(H,34,40)(H2,35,36,41)/t25-,26?,27+,28?,31?/m0/s1. The number of aliphatic hydroxyl groups excluding tert-OH is 2. The number of allylic oxidation sites excluding steroid dienone is 1. The van der Waals surface area contributed by atoms with Gasteiger partial charge >= 0.3 is 6.03 Å². The maximum Gasteiger partial charge on any atom is 0.315 e. The van der Waals surface area contributed by atoms with Crippen LogP contribution in [0.2, 0.25) is 0 Å². The highest BCUT2D eigenvalue weighted by atomic mass is 32.2. The molecule has 0 radical (unpaired) electrons. The zero-order valence-electron chi connectivity index (χ0n) is 25.9. The fraction of sp³-hybridized carbons (Fsp3) is 0.844. The Bertz CT molecular complexity index is 799. The molecule has 10 heteroatoms. The fourth-order valence-electron chi connectivity index (χ4n) is 5.64. The molecular formula is C32H58N4O5S. The summed E-state index contributed by atoms with van der Waals surface area (Å²) in [7, 11) is 0. The van der Waals surface area contributed by atoms with Gasteiger partial charge in [0, 0.05) is 30.4 Å². The molecule has 2 heterocycles. The molecule has 0 aromatic carbocycles. The topological polar surface area (TPSA) is 140 Å². The quantitative estimate of drug-likeness (QED) is 0.0503. The van der Waals surface area contributed by atoms with Gasteiger partial charge in [0.05, 0.1) is 30.8 Å². The lowest BCUT2D eigenvalue weighted by atomic mass is 10.0. The molecule has 0 aromatic heterocycles. The number of unbranched alkanes of at least 4 members (excludes halogenated alkanes) is 12. The maximum absolute atomic E-state index is 12.1. The van der Waals surface area contributed by atoms with Gasteiger partial charge in [0.25, 0.3) is 0 Å². The lowest BCUT2D eigenvalue weighted by molar-refractivity contribution is -0.123. The van der Waals surface area contributed by atoms with E-state index in [1.165, 1.54) is 32.1 Å². The van der Waals surface area contributed by atoms with E-state index in [2.05, 4.69) is 28.2 Å². The number of nitrogens with one attached hydrogen (secondary N) is 4. The molecule has 4 amide bonds. The van der Waals surface area contributed by atoms with Crippen LogP contribution in [0, 0.1) is 0 Å². The minimum absolute atomic E-state index is 0.0452. The van der Waals surface area contributed by atoms with Gasteiger partial charge in [0.2, 0.25) is 11.8 Å². The van der Waals surface area contributed by atoms with E-state index in [0.717, 1.165) is 82.9 Å². The summed E-state index contributed by atoms with van der Waals surface area (Å²) >= 11 is 1.92. The van der Waals surface area contributed by atoms with Crippen LogP contribution in [0.4, 0.5) is 4.79 Å². The highest BCUT2D eigenvalue weighted by Crippen LogP contribution is 2.33. The summed E-state index contributed by atoms with van der Waals surface area (Å²) in [6, 6.07) is -0.189. The molecule has 0 aliphatic carbocycles. The highest BCUT2D eigenvalue weighted by molar-refractivity contribution is 8.00. The van der Waals surface area contributed by atoms with Crippen molar-refractivity contribution in [3.8, 4) is 0 Å². The number of aliphatic hydroxyl groups is 2. The van der Waals surface area contributed by atoms with Gasteiger partial charge in [-0.3, -0.25) is 9.59 Å². The van der Waals surface area contributed by atoms with Crippen LogP contribution in [-0.4, -0.2) is 76.4 Å². The Morgan fingerprint density at radius 1 is 0.929 bits per heavy atom. The summed E-state index contributed by atoms with van der Waals surface area (Å²) in [5.74, 6) is 1.02. The van der Waals surface area contributed by atoms with Crippen molar-refractivity contribution in [1.82, 2.24) is 21.3 Å².